The van der Waals surface area contributed by atoms with Gasteiger partial charge in [0.2, 0.25) is 9.84 Å². The summed E-state index contributed by atoms with van der Waals surface area (Å²) in [5, 5.41) is 0. The second kappa shape index (κ2) is 9.04. The fraction of sp³-hybridized carbons (Fsp3) is 0.115. The second-order valence-electron chi connectivity index (χ2n) is 8.21. The molecule has 0 spiro atoms. The van der Waals surface area contributed by atoms with E-state index in [0.29, 0.717) is 11.0 Å². The number of aromatic nitrogens is 3. The molecule has 2 N–H and O–H groups in total. The number of rotatable bonds is 6. The van der Waals surface area contributed by atoms with Crippen molar-refractivity contribution in [3.8, 4) is 0 Å². The van der Waals surface area contributed by atoms with Gasteiger partial charge in [-0.25, -0.2) is 27.6 Å². The Balaban J connectivity index is 1.57. The lowest BCUT2D eigenvalue weighted by atomic mass is 10.2. The van der Waals surface area contributed by atoms with Gasteiger partial charge in [0.15, 0.2) is 5.65 Å². The molecule has 0 aliphatic carbocycles. The first-order valence-electron chi connectivity index (χ1n) is 11.0. The highest BCUT2D eigenvalue weighted by atomic mass is 32.2. The molecule has 0 saturated heterocycles. The maximum Gasteiger partial charge on any atom is 0.338 e. The zero-order valence-corrected chi connectivity index (χ0v) is 20.0. The number of carbonyl (C=O) groups excluding carboxylic acids is 1. The molecule has 0 atom stereocenters. The summed E-state index contributed by atoms with van der Waals surface area (Å²) in [7, 11) is -4.04. The maximum absolute atomic E-state index is 13.6. The zero-order chi connectivity index (χ0) is 25.4. The van der Waals surface area contributed by atoms with E-state index in [2.05, 4.69) is 9.97 Å². The number of fused-ring (bicyclic) bond motifs is 2. The highest BCUT2D eigenvalue weighted by Crippen LogP contribution is 2.35. The fourth-order valence-electron chi connectivity index (χ4n) is 3.91. The first-order valence-corrected chi connectivity index (χ1v) is 12.5. The molecule has 0 aliphatic heterocycles. The summed E-state index contributed by atoms with van der Waals surface area (Å²) in [5.74, 6) is -1.17. The predicted octanol–water partition coefficient (Wildman–Crippen LogP) is 4.30. The number of nitrogen functional groups attached to an aromatic ring is 1. The van der Waals surface area contributed by atoms with Crippen LogP contribution in [0.15, 0.2) is 82.6 Å². The summed E-state index contributed by atoms with van der Waals surface area (Å²) in [5.41, 5.74) is 8.98. The highest BCUT2D eigenvalue weighted by Gasteiger charge is 2.30. The Kier molecular flexibility index (Phi) is 5.89. The van der Waals surface area contributed by atoms with Crippen LogP contribution < -0.4 is 5.73 Å². The topological polar surface area (TPSA) is 117 Å². The van der Waals surface area contributed by atoms with Crippen LogP contribution in [-0.4, -0.2) is 35.5 Å². The van der Waals surface area contributed by atoms with Gasteiger partial charge in [-0.3, -0.25) is 0 Å². The molecule has 2 aromatic heterocycles. The Morgan fingerprint density at radius 3 is 2.28 bits per heavy atom. The van der Waals surface area contributed by atoms with Crippen molar-refractivity contribution in [3.63, 3.8) is 0 Å². The molecule has 5 aromatic rings. The number of hydrogen-bond donors (Lipinski definition) is 1. The third-order valence-electron chi connectivity index (χ3n) is 5.77. The van der Waals surface area contributed by atoms with E-state index in [1.54, 1.807) is 36.4 Å². The average Bonchev–Trinajstić information content (AvgIpc) is 3.14. The fourth-order valence-corrected chi connectivity index (χ4v) is 5.42. The SMILES string of the molecule is Cc1ccc(S(=O)(=O)c2c(N)n(CCOC(=O)c3ccc(F)cc3)c3nc4ccccc4nc23)cc1. The molecule has 0 bridgehead atoms. The Morgan fingerprint density at radius 1 is 0.972 bits per heavy atom. The normalized spacial score (nSPS) is 11.7. The summed E-state index contributed by atoms with van der Waals surface area (Å²) >= 11 is 0. The van der Waals surface area contributed by atoms with E-state index in [0.717, 1.165) is 17.7 Å². The van der Waals surface area contributed by atoms with E-state index in [9.17, 15) is 17.6 Å². The third-order valence-corrected chi connectivity index (χ3v) is 7.61. The number of ether oxygens (including phenoxy) is 1. The van der Waals surface area contributed by atoms with Crippen LogP contribution in [0.25, 0.3) is 22.2 Å². The smallest absolute Gasteiger partial charge is 0.338 e. The van der Waals surface area contributed by atoms with Crippen LogP contribution in [0, 0.1) is 12.7 Å². The number of hydrogen-bond acceptors (Lipinski definition) is 7. The minimum atomic E-state index is -4.04. The van der Waals surface area contributed by atoms with Gasteiger partial charge in [-0.05, 0) is 55.5 Å². The van der Waals surface area contributed by atoms with Crippen LogP contribution in [0.3, 0.4) is 0 Å². The van der Waals surface area contributed by atoms with Crippen molar-refractivity contribution in [2.24, 2.45) is 0 Å². The lowest BCUT2D eigenvalue weighted by Crippen LogP contribution is -2.14. The maximum atomic E-state index is 13.6. The molecule has 0 fully saturated rings. The number of anilines is 1. The lowest BCUT2D eigenvalue weighted by Gasteiger charge is -2.09. The minimum Gasteiger partial charge on any atom is -0.460 e. The van der Waals surface area contributed by atoms with Gasteiger partial charge in [0.25, 0.3) is 0 Å². The zero-order valence-electron chi connectivity index (χ0n) is 19.2. The number of benzene rings is 3. The van der Waals surface area contributed by atoms with Gasteiger partial charge in [0.1, 0.15) is 28.7 Å². The van der Waals surface area contributed by atoms with Gasteiger partial charge in [0.05, 0.1) is 28.0 Å². The lowest BCUT2D eigenvalue weighted by molar-refractivity contribution is 0.0492. The van der Waals surface area contributed by atoms with Crippen molar-refractivity contribution in [3.05, 3.63) is 89.7 Å². The largest absolute Gasteiger partial charge is 0.460 e. The summed E-state index contributed by atoms with van der Waals surface area (Å²) in [4.78, 5) is 21.5. The molecule has 36 heavy (non-hydrogen) atoms. The van der Waals surface area contributed by atoms with Crippen LogP contribution in [-0.2, 0) is 21.1 Å². The molecular weight excluding hydrogens is 483 g/mol. The first-order chi connectivity index (χ1) is 17.3. The van der Waals surface area contributed by atoms with Gasteiger partial charge >= 0.3 is 5.97 Å². The number of sulfone groups is 1. The molecule has 182 valence electrons. The van der Waals surface area contributed by atoms with Crippen molar-refractivity contribution in [2.75, 3.05) is 12.3 Å². The Morgan fingerprint density at radius 2 is 1.61 bits per heavy atom. The van der Waals surface area contributed by atoms with E-state index in [4.69, 9.17) is 10.5 Å². The van der Waals surface area contributed by atoms with E-state index in [1.165, 1.54) is 28.8 Å². The van der Waals surface area contributed by atoms with Crippen LogP contribution in [0.2, 0.25) is 0 Å². The number of nitrogens with two attached hydrogens (primary N) is 1. The molecule has 0 saturated carbocycles. The number of esters is 1. The molecule has 0 amide bonds. The third kappa shape index (κ3) is 4.16. The summed E-state index contributed by atoms with van der Waals surface area (Å²) in [6.07, 6.45) is 0. The van der Waals surface area contributed by atoms with Crippen LogP contribution in [0.1, 0.15) is 15.9 Å². The summed E-state index contributed by atoms with van der Waals surface area (Å²) in [6.45, 7) is 1.77. The van der Waals surface area contributed by atoms with Crippen molar-refractivity contribution in [1.29, 1.82) is 0 Å². The first kappa shape index (κ1) is 23.4. The minimum absolute atomic E-state index is 0.0334. The number of halogens is 1. The highest BCUT2D eigenvalue weighted by molar-refractivity contribution is 7.92. The van der Waals surface area contributed by atoms with Gasteiger partial charge in [0, 0.05) is 0 Å². The molecule has 3 aromatic carbocycles. The van der Waals surface area contributed by atoms with Crippen LogP contribution in [0.5, 0.6) is 0 Å². The number of para-hydroxylation sites is 2. The van der Waals surface area contributed by atoms with Crippen molar-refractivity contribution >= 4 is 43.8 Å². The van der Waals surface area contributed by atoms with Gasteiger partial charge in [-0.15, -0.1) is 0 Å². The standard InChI is InChI=1S/C26H21FN4O4S/c1-16-6-12-19(13-7-16)36(33,34)23-22-25(30-21-5-3-2-4-20(21)29-22)31(24(23)28)14-15-35-26(32)17-8-10-18(27)11-9-17/h2-13H,14-15,28H2,1H3. The Labute approximate surface area is 206 Å². The summed E-state index contributed by atoms with van der Waals surface area (Å²) in [6, 6.07) is 18.5. The van der Waals surface area contributed by atoms with Gasteiger partial charge < -0.3 is 15.0 Å². The van der Waals surface area contributed by atoms with E-state index in [1.807, 2.05) is 6.92 Å². The van der Waals surface area contributed by atoms with Crippen LogP contribution >= 0.6 is 0 Å². The molecule has 0 radical (unpaired) electrons. The van der Waals surface area contributed by atoms with Gasteiger partial charge in [-0.2, -0.15) is 0 Å². The van der Waals surface area contributed by atoms with Gasteiger partial charge in [-0.1, -0.05) is 29.8 Å². The Bertz CT molecular complexity index is 1710. The molecule has 2 heterocycles. The average molecular weight is 505 g/mol. The van der Waals surface area contributed by atoms with Crippen molar-refractivity contribution in [2.45, 2.75) is 23.3 Å². The number of carbonyl (C=O) groups is 1. The quantitative estimate of drug-likeness (QED) is 0.343. The van der Waals surface area contributed by atoms with Crippen molar-refractivity contribution in [1.82, 2.24) is 14.5 Å². The van der Waals surface area contributed by atoms with Crippen molar-refractivity contribution < 1.29 is 22.3 Å². The van der Waals surface area contributed by atoms with E-state index in [-0.39, 0.29) is 45.5 Å². The van der Waals surface area contributed by atoms with Crippen LogP contribution in [0.4, 0.5) is 10.2 Å². The predicted molar refractivity (Wildman–Crippen MR) is 133 cm³/mol. The molecule has 10 heteroatoms. The second-order valence-corrected chi connectivity index (χ2v) is 10.1. The Hall–Kier alpha value is -4.31. The molecule has 5 rings (SSSR count). The van der Waals surface area contributed by atoms with E-state index >= 15 is 0 Å². The van der Waals surface area contributed by atoms with E-state index < -0.39 is 21.6 Å². The number of nitrogens with zero attached hydrogens (tertiary/aromatic N) is 3. The summed E-state index contributed by atoms with van der Waals surface area (Å²) < 4.78 is 47.2. The molecule has 8 nitrogen and oxygen atoms in total. The molecular formula is C26H21FN4O4S. The number of aryl methyl sites for hydroxylation is 1. The molecule has 0 unspecified atom stereocenters. The molecule has 0 aliphatic rings. The monoisotopic (exact) mass is 504 g/mol.